The normalized spacial score (nSPS) is 23.4. The zero-order valence-electron chi connectivity index (χ0n) is 12.8. The number of amides is 1. The van der Waals surface area contributed by atoms with Crippen molar-refractivity contribution < 1.29 is 14.3 Å². The van der Waals surface area contributed by atoms with Crippen LogP contribution in [0.5, 0.6) is 0 Å². The summed E-state index contributed by atoms with van der Waals surface area (Å²) in [5.41, 5.74) is 0.888. The molecule has 21 heavy (non-hydrogen) atoms. The second-order valence-electron chi connectivity index (χ2n) is 5.86. The SMILES string of the molecule is Cc1ccsc1C(=O)O[C@H](C)C(=O)N[C@H]1CCCC[C@@H]1C. The average molecular weight is 309 g/mol. The van der Waals surface area contributed by atoms with Crippen LogP contribution in [-0.4, -0.2) is 24.0 Å². The molecule has 0 aliphatic heterocycles. The van der Waals surface area contributed by atoms with Gasteiger partial charge in [-0.3, -0.25) is 4.79 Å². The summed E-state index contributed by atoms with van der Waals surface area (Å²) in [6, 6.07) is 2.08. The maximum atomic E-state index is 12.2. The smallest absolute Gasteiger partial charge is 0.349 e. The third kappa shape index (κ3) is 4.06. The van der Waals surface area contributed by atoms with Crippen LogP contribution in [0.3, 0.4) is 0 Å². The van der Waals surface area contributed by atoms with Crippen LogP contribution in [0.1, 0.15) is 54.8 Å². The highest BCUT2D eigenvalue weighted by Crippen LogP contribution is 2.24. The molecule has 0 radical (unpaired) electrons. The van der Waals surface area contributed by atoms with Crippen LogP contribution in [0.25, 0.3) is 0 Å². The van der Waals surface area contributed by atoms with E-state index in [4.69, 9.17) is 4.74 Å². The zero-order valence-corrected chi connectivity index (χ0v) is 13.7. The van der Waals surface area contributed by atoms with Gasteiger partial charge in [-0.05, 0) is 49.6 Å². The van der Waals surface area contributed by atoms with Crippen molar-refractivity contribution in [2.24, 2.45) is 5.92 Å². The summed E-state index contributed by atoms with van der Waals surface area (Å²) in [4.78, 5) is 24.7. The zero-order chi connectivity index (χ0) is 15.4. The summed E-state index contributed by atoms with van der Waals surface area (Å²) in [7, 11) is 0. The lowest BCUT2D eigenvalue weighted by Gasteiger charge is -2.30. The quantitative estimate of drug-likeness (QED) is 0.868. The molecule has 1 N–H and O–H groups in total. The number of hydrogen-bond acceptors (Lipinski definition) is 4. The molecule has 1 aliphatic rings. The highest BCUT2D eigenvalue weighted by atomic mass is 32.1. The van der Waals surface area contributed by atoms with Crippen LogP contribution in [-0.2, 0) is 9.53 Å². The minimum atomic E-state index is -0.756. The van der Waals surface area contributed by atoms with Crippen molar-refractivity contribution in [3.63, 3.8) is 0 Å². The lowest BCUT2D eigenvalue weighted by molar-refractivity contribution is -0.130. The lowest BCUT2D eigenvalue weighted by Crippen LogP contribution is -2.45. The summed E-state index contributed by atoms with van der Waals surface area (Å²) >= 11 is 1.34. The Balaban J connectivity index is 1.87. The topological polar surface area (TPSA) is 55.4 Å². The third-order valence-corrected chi connectivity index (χ3v) is 5.14. The van der Waals surface area contributed by atoms with E-state index in [-0.39, 0.29) is 11.9 Å². The molecule has 3 atom stereocenters. The van der Waals surface area contributed by atoms with Gasteiger partial charge in [0.25, 0.3) is 5.91 Å². The summed E-state index contributed by atoms with van der Waals surface area (Å²) in [5.74, 6) is -0.122. The van der Waals surface area contributed by atoms with Gasteiger partial charge in [-0.25, -0.2) is 4.79 Å². The van der Waals surface area contributed by atoms with Gasteiger partial charge in [-0.1, -0.05) is 19.8 Å². The molecule has 1 amide bonds. The van der Waals surface area contributed by atoms with Crippen molar-refractivity contribution in [3.8, 4) is 0 Å². The Hall–Kier alpha value is -1.36. The molecule has 0 unspecified atom stereocenters. The maximum Gasteiger partial charge on any atom is 0.349 e. The highest BCUT2D eigenvalue weighted by Gasteiger charge is 2.26. The van der Waals surface area contributed by atoms with Gasteiger partial charge in [0.1, 0.15) is 4.88 Å². The average Bonchev–Trinajstić information content (AvgIpc) is 2.87. The molecule has 2 rings (SSSR count). The van der Waals surface area contributed by atoms with Crippen molar-refractivity contribution in [3.05, 3.63) is 21.9 Å². The molecular weight excluding hydrogens is 286 g/mol. The Morgan fingerprint density at radius 1 is 1.38 bits per heavy atom. The van der Waals surface area contributed by atoms with Crippen molar-refractivity contribution in [1.82, 2.24) is 5.32 Å². The van der Waals surface area contributed by atoms with Crippen LogP contribution in [0.4, 0.5) is 0 Å². The van der Waals surface area contributed by atoms with Crippen LogP contribution < -0.4 is 5.32 Å². The Labute approximate surface area is 129 Å². The Kier molecular flexibility index (Phi) is 5.39. The van der Waals surface area contributed by atoms with Gasteiger partial charge in [0, 0.05) is 6.04 Å². The molecule has 5 heteroatoms. The molecule has 0 saturated heterocycles. The second-order valence-corrected chi connectivity index (χ2v) is 6.77. The van der Waals surface area contributed by atoms with Gasteiger partial charge >= 0.3 is 5.97 Å². The predicted molar refractivity (Wildman–Crippen MR) is 83.5 cm³/mol. The van der Waals surface area contributed by atoms with E-state index in [1.54, 1.807) is 6.92 Å². The van der Waals surface area contributed by atoms with E-state index in [1.807, 2.05) is 18.4 Å². The Bertz CT molecular complexity index is 511. The molecule has 1 aliphatic carbocycles. The first-order valence-corrected chi connectivity index (χ1v) is 8.42. The Morgan fingerprint density at radius 3 is 2.71 bits per heavy atom. The van der Waals surface area contributed by atoms with E-state index in [2.05, 4.69) is 12.2 Å². The molecule has 1 aromatic heterocycles. The standard InChI is InChI=1S/C16H23NO3S/c1-10-6-4-5-7-13(10)17-15(18)12(3)20-16(19)14-11(2)8-9-21-14/h8-10,12-13H,4-7H2,1-3H3,(H,17,18)/t10-,12+,13-/m0/s1. The molecule has 4 nitrogen and oxygen atoms in total. The number of carbonyl (C=O) groups is 2. The van der Waals surface area contributed by atoms with E-state index in [0.29, 0.717) is 10.8 Å². The first-order chi connectivity index (χ1) is 9.99. The van der Waals surface area contributed by atoms with Crippen molar-refractivity contribution in [2.75, 3.05) is 0 Å². The number of aryl methyl sites for hydroxylation is 1. The van der Waals surface area contributed by atoms with E-state index < -0.39 is 12.1 Å². The number of rotatable bonds is 4. The molecule has 0 bridgehead atoms. The maximum absolute atomic E-state index is 12.2. The second kappa shape index (κ2) is 7.07. The van der Waals surface area contributed by atoms with Gasteiger partial charge in [0.05, 0.1) is 0 Å². The fourth-order valence-corrected chi connectivity index (χ4v) is 3.49. The number of esters is 1. The van der Waals surface area contributed by atoms with Crippen molar-refractivity contribution in [2.45, 2.75) is 58.6 Å². The molecule has 0 aromatic carbocycles. The van der Waals surface area contributed by atoms with Gasteiger partial charge in [0.2, 0.25) is 0 Å². The monoisotopic (exact) mass is 309 g/mol. The number of hydrogen-bond donors (Lipinski definition) is 1. The van der Waals surface area contributed by atoms with E-state index >= 15 is 0 Å². The van der Waals surface area contributed by atoms with Gasteiger partial charge in [-0.15, -0.1) is 11.3 Å². The van der Waals surface area contributed by atoms with Gasteiger partial charge in [0.15, 0.2) is 6.10 Å². The minimum absolute atomic E-state index is 0.198. The van der Waals surface area contributed by atoms with Gasteiger partial charge in [-0.2, -0.15) is 0 Å². The molecule has 116 valence electrons. The largest absolute Gasteiger partial charge is 0.448 e. The van der Waals surface area contributed by atoms with Crippen LogP contribution in [0, 0.1) is 12.8 Å². The number of thiophene rings is 1. The summed E-state index contributed by atoms with van der Waals surface area (Å²) < 4.78 is 5.27. The third-order valence-electron chi connectivity index (χ3n) is 4.14. The van der Waals surface area contributed by atoms with E-state index in [1.165, 1.54) is 17.8 Å². The summed E-state index contributed by atoms with van der Waals surface area (Å²) in [6.45, 7) is 5.65. The van der Waals surface area contributed by atoms with Gasteiger partial charge < -0.3 is 10.1 Å². The van der Waals surface area contributed by atoms with Crippen LogP contribution in [0.15, 0.2) is 11.4 Å². The molecule has 1 saturated carbocycles. The molecular formula is C16H23NO3S. The first kappa shape index (κ1) is 16.0. The van der Waals surface area contributed by atoms with Crippen molar-refractivity contribution >= 4 is 23.2 Å². The fourth-order valence-electron chi connectivity index (χ4n) is 2.68. The van der Waals surface area contributed by atoms with Crippen molar-refractivity contribution in [1.29, 1.82) is 0 Å². The number of nitrogens with one attached hydrogen (secondary N) is 1. The molecule has 1 aromatic rings. The molecule has 0 spiro atoms. The van der Waals surface area contributed by atoms with E-state index in [9.17, 15) is 9.59 Å². The molecule has 1 fully saturated rings. The molecule has 1 heterocycles. The summed E-state index contributed by atoms with van der Waals surface area (Å²) in [6.07, 6.45) is 3.78. The number of carbonyl (C=O) groups excluding carboxylic acids is 2. The fraction of sp³-hybridized carbons (Fsp3) is 0.625. The number of ether oxygens (including phenoxy) is 1. The predicted octanol–water partition coefficient (Wildman–Crippen LogP) is 3.30. The Morgan fingerprint density at radius 2 is 2.10 bits per heavy atom. The summed E-state index contributed by atoms with van der Waals surface area (Å²) in [5, 5.41) is 4.87. The van der Waals surface area contributed by atoms with E-state index in [0.717, 1.165) is 24.8 Å². The first-order valence-electron chi connectivity index (χ1n) is 7.54. The highest BCUT2D eigenvalue weighted by molar-refractivity contribution is 7.12. The lowest BCUT2D eigenvalue weighted by atomic mass is 9.86. The van der Waals surface area contributed by atoms with Crippen LogP contribution >= 0.6 is 11.3 Å². The minimum Gasteiger partial charge on any atom is -0.448 e. The van der Waals surface area contributed by atoms with Crippen LogP contribution in [0.2, 0.25) is 0 Å².